The molecule has 8 heavy (non-hydrogen) atoms. The summed E-state index contributed by atoms with van der Waals surface area (Å²) in [6.07, 6.45) is -1.09. The number of ketones is 1. The summed E-state index contributed by atoms with van der Waals surface area (Å²) >= 11 is 0. The molecular formula is C4H5NO3. The molecule has 0 saturated carbocycles. The van der Waals surface area contributed by atoms with Gasteiger partial charge in [-0.25, -0.2) is 0 Å². The summed E-state index contributed by atoms with van der Waals surface area (Å²) in [6, 6.07) is 0. The second kappa shape index (κ2) is 1.56. The summed E-state index contributed by atoms with van der Waals surface area (Å²) in [5, 5.41) is 15.2. The predicted octanol–water partition coefficient (Wildman–Crippen LogP) is -1.08. The van der Waals surface area contributed by atoms with Crippen molar-refractivity contribution in [1.29, 1.82) is 5.41 Å². The van der Waals surface area contributed by atoms with Crippen LogP contribution in [-0.4, -0.2) is 29.5 Å². The summed E-state index contributed by atoms with van der Waals surface area (Å²) in [6.45, 7) is -0.0579. The first-order valence-electron chi connectivity index (χ1n) is 2.15. The van der Waals surface area contributed by atoms with E-state index < -0.39 is 17.8 Å². The molecule has 0 aromatic heterocycles. The van der Waals surface area contributed by atoms with Gasteiger partial charge in [-0.15, -0.1) is 0 Å². The Bertz CT molecular complexity index is 142. The first-order valence-corrected chi connectivity index (χ1v) is 2.15. The maximum atomic E-state index is 10.3. The zero-order chi connectivity index (χ0) is 6.15. The molecule has 0 amide bonds. The third kappa shape index (κ3) is 0.586. The lowest BCUT2D eigenvalue weighted by atomic mass is 10.3. The van der Waals surface area contributed by atoms with E-state index in [-0.39, 0.29) is 6.61 Å². The van der Waals surface area contributed by atoms with Gasteiger partial charge >= 0.3 is 0 Å². The molecule has 1 aliphatic heterocycles. The number of hydrogen-bond acceptors (Lipinski definition) is 4. The van der Waals surface area contributed by atoms with Crippen LogP contribution in [0.1, 0.15) is 0 Å². The van der Waals surface area contributed by atoms with Gasteiger partial charge in [0.25, 0.3) is 5.90 Å². The van der Waals surface area contributed by atoms with Crippen molar-refractivity contribution in [3.63, 3.8) is 0 Å². The Labute approximate surface area is 45.6 Å². The lowest BCUT2D eigenvalue weighted by molar-refractivity contribution is -0.118. The summed E-state index contributed by atoms with van der Waals surface area (Å²) in [5.74, 6) is -1.05. The van der Waals surface area contributed by atoms with Crippen LogP contribution in [0.4, 0.5) is 0 Å². The van der Waals surface area contributed by atoms with Gasteiger partial charge in [-0.2, -0.15) is 0 Å². The van der Waals surface area contributed by atoms with Crippen LogP contribution in [0.25, 0.3) is 0 Å². The number of carbonyl (C=O) groups is 1. The van der Waals surface area contributed by atoms with E-state index in [1.165, 1.54) is 0 Å². The third-order valence-electron chi connectivity index (χ3n) is 0.912. The molecule has 2 N–H and O–H groups in total. The Morgan fingerprint density at radius 3 is 2.62 bits per heavy atom. The number of rotatable bonds is 0. The Hall–Kier alpha value is -0.900. The van der Waals surface area contributed by atoms with Crippen LogP contribution >= 0.6 is 0 Å². The maximum Gasteiger partial charge on any atom is 0.253 e. The Morgan fingerprint density at radius 2 is 2.50 bits per heavy atom. The molecule has 44 valence electrons. The molecule has 0 aromatic rings. The molecule has 1 atom stereocenters. The second-order valence-electron chi connectivity index (χ2n) is 1.52. The summed E-state index contributed by atoms with van der Waals surface area (Å²) in [5.41, 5.74) is 0. The molecule has 0 spiro atoms. The second-order valence-corrected chi connectivity index (χ2v) is 1.52. The van der Waals surface area contributed by atoms with Crippen LogP contribution in [0.5, 0.6) is 0 Å². The van der Waals surface area contributed by atoms with Crippen molar-refractivity contribution in [3.05, 3.63) is 0 Å². The molecule has 0 radical (unpaired) electrons. The van der Waals surface area contributed by atoms with E-state index in [0.717, 1.165) is 0 Å². The minimum absolute atomic E-state index is 0.0579. The lowest BCUT2D eigenvalue weighted by Gasteiger charge is -1.86. The Kier molecular flexibility index (Phi) is 1.02. The summed E-state index contributed by atoms with van der Waals surface area (Å²) < 4.78 is 4.36. The van der Waals surface area contributed by atoms with Crippen molar-refractivity contribution in [1.82, 2.24) is 0 Å². The summed E-state index contributed by atoms with van der Waals surface area (Å²) in [7, 11) is 0. The van der Waals surface area contributed by atoms with Gasteiger partial charge in [0, 0.05) is 0 Å². The molecular weight excluding hydrogens is 110 g/mol. The number of nitrogens with one attached hydrogen (secondary N) is 1. The van der Waals surface area contributed by atoms with Gasteiger partial charge in [-0.1, -0.05) is 0 Å². The van der Waals surface area contributed by atoms with E-state index in [1.54, 1.807) is 0 Å². The molecule has 4 heteroatoms. The van der Waals surface area contributed by atoms with E-state index in [9.17, 15) is 4.79 Å². The molecule has 1 rings (SSSR count). The minimum atomic E-state index is -1.09. The molecule has 1 heterocycles. The first kappa shape index (κ1) is 5.24. The van der Waals surface area contributed by atoms with Gasteiger partial charge in [0.2, 0.25) is 5.78 Å². The number of Topliss-reactive ketones (excluding diaryl/α,β-unsaturated/α-hetero) is 1. The van der Waals surface area contributed by atoms with Gasteiger partial charge in [0.05, 0.1) is 0 Å². The van der Waals surface area contributed by atoms with Crippen LogP contribution in [0, 0.1) is 5.41 Å². The van der Waals surface area contributed by atoms with Crippen LogP contribution in [-0.2, 0) is 9.53 Å². The molecule has 1 aliphatic rings. The van der Waals surface area contributed by atoms with Gasteiger partial charge in [-0.05, 0) is 0 Å². The van der Waals surface area contributed by atoms with E-state index in [2.05, 4.69) is 4.74 Å². The van der Waals surface area contributed by atoms with E-state index in [1.807, 2.05) is 0 Å². The smallest absolute Gasteiger partial charge is 0.253 e. The van der Waals surface area contributed by atoms with Crippen molar-refractivity contribution < 1.29 is 14.6 Å². The summed E-state index contributed by atoms with van der Waals surface area (Å²) in [4.78, 5) is 10.3. The SMILES string of the molecule is N=C1OCC(O)C1=O. The zero-order valence-electron chi connectivity index (χ0n) is 4.05. The highest BCUT2D eigenvalue weighted by molar-refractivity contribution is 6.38. The topological polar surface area (TPSA) is 70.4 Å². The molecule has 1 saturated heterocycles. The molecule has 0 bridgehead atoms. The molecule has 1 fully saturated rings. The van der Waals surface area contributed by atoms with Crippen LogP contribution < -0.4 is 0 Å². The highest BCUT2D eigenvalue weighted by Gasteiger charge is 2.29. The minimum Gasteiger partial charge on any atom is -0.472 e. The molecule has 4 nitrogen and oxygen atoms in total. The number of aliphatic hydroxyl groups is 1. The normalized spacial score (nSPS) is 28.4. The van der Waals surface area contributed by atoms with Gasteiger partial charge in [0.15, 0.2) is 6.10 Å². The van der Waals surface area contributed by atoms with Gasteiger partial charge in [0.1, 0.15) is 6.61 Å². The molecule has 0 aromatic carbocycles. The fourth-order valence-electron chi connectivity index (χ4n) is 0.460. The number of aliphatic hydroxyl groups excluding tert-OH is 1. The predicted molar refractivity (Wildman–Crippen MR) is 24.7 cm³/mol. The largest absolute Gasteiger partial charge is 0.472 e. The van der Waals surface area contributed by atoms with Crippen LogP contribution in [0.2, 0.25) is 0 Å². The van der Waals surface area contributed by atoms with Crippen LogP contribution in [0.15, 0.2) is 0 Å². The monoisotopic (exact) mass is 115 g/mol. The van der Waals surface area contributed by atoms with Gasteiger partial charge < -0.3 is 9.84 Å². The van der Waals surface area contributed by atoms with Crippen molar-refractivity contribution in [2.45, 2.75) is 6.10 Å². The van der Waals surface area contributed by atoms with Crippen molar-refractivity contribution in [2.75, 3.05) is 6.61 Å². The third-order valence-corrected chi connectivity index (χ3v) is 0.912. The fourth-order valence-corrected chi connectivity index (χ4v) is 0.460. The Balaban J connectivity index is 2.71. The van der Waals surface area contributed by atoms with Crippen molar-refractivity contribution in [3.8, 4) is 0 Å². The van der Waals surface area contributed by atoms with Crippen molar-refractivity contribution >= 4 is 11.7 Å². The molecule has 0 aliphatic carbocycles. The fraction of sp³-hybridized carbons (Fsp3) is 0.500. The zero-order valence-corrected chi connectivity index (χ0v) is 4.05. The quantitative estimate of drug-likeness (QED) is 0.422. The Morgan fingerprint density at radius 1 is 1.88 bits per heavy atom. The maximum absolute atomic E-state index is 10.3. The highest BCUT2D eigenvalue weighted by atomic mass is 16.5. The average Bonchev–Trinajstić information content (AvgIpc) is 1.98. The van der Waals surface area contributed by atoms with Gasteiger partial charge in [-0.3, -0.25) is 10.2 Å². The van der Waals surface area contributed by atoms with Crippen LogP contribution in [0.3, 0.4) is 0 Å². The molecule has 1 unspecified atom stereocenters. The van der Waals surface area contributed by atoms with Crippen molar-refractivity contribution in [2.24, 2.45) is 0 Å². The highest BCUT2D eigenvalue weighted by Crippen LogP contribution is 1.99. The van der Waals surface area contributed by atoms with E-state index in [4.69, 9.17) is 10.5 Å². The number of carbonyl (C=O) groups excluding carboxylic acids is 1. The lowest BCUT2D eigenvalue weighted by Crippen LogP contribution is -2.18. The number of ether oxygens (including phenoxy) is 1. The van der Waals surface area contributed by atoms with E-state index >= 15 is 0 Å². The average molecular weight is 115 g/mol. The first-order chi connectivity index (χ1) is 3.72. The number of hydrogen-bond donors (Lipinski definition) is 2. The standard InChI is InChI=1S/C4H5NO3/c5-4-3(7)2(6)1-8-4/h2,5-6H,1H2. The van der Waals surface area contributed by atoms with E-state index in [0.29, 0.717) is 0 Å².